The van der Waals surface area contributed by atoms with Crippen molar-refractivity contribution in [2.75, 3.05) is 0 Å². The molecule has 1 saturated carbocycles. The molecule has 0 bridgehead atoms. The van der Waals surface area contributed by atoms with Crippen LogP contribution in [0.15, 0.2) is 4.99 Å². The summed E-state index contributed by atoms with van der Waals surface area (Å²) in [5.41, 5.74) is 0.976. The lowest BCUT2D eigenvalue weighted by Gasteiger charge is -2.32. The van der Waals surface area contributed by atoms with Crippen molar-refractivity contribution in [1.82, 2.24) is 0 Å². The predicted octanol–water partition coefficient (Wildman–Crippen LogP) is 3.26. The van der Waals surface area contributed by atoms with E-state index >= 15 is 0 Å². The molecule has 14 heavy (non-hydrogen) atoms. The van der Waals surface area contributed by atoms with Gasteiger partial charge in [-0.05, 0) is 26.7 Å². The molecule has 3 heteroatoms. The first-order valence-electron chi connectivity index (χ1n) is 5.39. The first-order valence-corrected chi connectivity index (χ1v) is 6.21. The van der Waals surface area contributed by atoms with Crippen molar-refractivity contribution in [3.05, 3.63) is 0 Å². The molecular formula is C11H18N2S. The van der Waals surface area contributed by atoms with Gasteiger partial charge in [-0.25, -0.2) is 0 Å². The molecule has 0 aromatic rings. The molecule has 0 aromatic heterocycles. The molecule has 0 aromatic carbocycles. The Labute approximate surface area is 90.1 Å². The Hall–Kier alpha value is -0.310. The topological polar surface area (TPSA) is 36.2 Å². The number of hydrogen-bond donors (Lipinski definition) is 1. The maximum atomic E-state index is 7.39. The van der Waals surface area contributed by atoms with Gasteiger partial charge in [-0.2, -0.15) is 0 Å². The first-order chi connectivity index (χ1) is 6.58. The first kappa shape index (κ1) is 10.2. The zero-order valence-electron chi connectivity index (χ0n) is 8.97. The van der Waals surface area contributed by atoms with Crippen LogP contribution in [0, 0.1) is 5.41 Å². The van der Waals surface area contributed by atoms with Crippen LogP contribution in [0.4, 0.5) is 0 Å². The minimum Gasteiger partial charge on any atom is -0.307 e. The molecule has 0 saturated heterocycles. The average molecular weight is 210 g/mol. The van der Waals surface area contributed by atoms with E-state index < -0.39 is 0 Å². The Morgan fingerprint density at radius 2 is 1.93 bits per heavy atom. The van der Waals surface area contributed by atoms with Crippen LogP contribution in [0.2, 0.25) is 0 Å². The van der Waals surface area contributed by atoms with Crippen LogP contribution in [-0.4, -0.2) is 21.5 Å². The van der Waals surface area contributed by atoms with E-state index in [2.05, 4.69) is 13.8 Å². The monoisotopic (exact) mass is 210 g/mol. The van der Waals surface area contributed by atoms with Crippen LogP contribution < -0.4 is 0 Å². The molecule has 1 N–H and O–H groups in total. The molecule has 1 aliphatic carbocycles. The molecule has 1 heterocycles. The zero-order chi connectivity index (χ0) is 10.2. The van der Waals surface area contributed by atoms with Crippen LogP contribution in [0.3, 0.4) is 0 Å². The summed E-state index contributed by atoms with van der Waals surface area (Å²) in [4.78, 5) is 4.92. The standard InChI is InChI=1S/C11H18N2S/c1-10(2)9(8-12)13-11(14-10)6-4-3-5-7-11/h8,12H,3-7H2,1-2H3. The average Bonchev–Trinajstić information content (AvgIpc) is 2.38. The summed E-state index contributed by atoms with van der Waals surface area (Å²) < 4.78 is 0.0547. The van der Waals surface area contributed by atoms with Crippen molar-refractivity contribution in [2.45, 2.75) is 55.6 Å². The van der Waals surface area contributed by atoms with Gasteiger partial charge in [0.25, 0.3) is 0 Å². The second-order valence-corrected chi connectivity index (χ2v) is 6.75. The number of aliphatic imine (C=N–C) groups is 1. The van der Waals surface area contributed by atoms with Crippen LogP contribution in [0.25, 0.3) is 0 Å². The molecule has 2 aliphatic rings. The summed E-state index contributed by atoms with van der Waals surface area (Å²) >= 11 is 1.97. The van der Waals surface area contributed by atoms with E-state index in [4.69, 9.17) is 10.4 Å². The second-order valence-electron chi connectivity index (χ2n) is 4.76. The van der Waals surface area contributed by atoms with Gasteiger partial charge < -0.3 is 5.41 Å². The normalized spacial score (nSPS) is 28.9. The molecule has 1 spiro atoms. The van der Waals surface area contributed by atoms with Crippen LogP contribution in [0.5, 0.6) is 0 Å². The number of nitrogens with one attached hydrogen (secondary N) is 1. The van der Waals surface area contributed by atoms with Gasteiger partial charge in [-0.15, -0.1) is 11.8 Å². The van der Waals surface area contributed by atoms with Crippen LogP contribution in [-0.2, 0) is 0 Å². The highest BCUT2D eigenvalue weighted by Gasteiger charge is 2.45. The van der Waals surface area contributed by atoms with Crippen LogP contribution >= 0.6 is 11.8 Å². The van der Waals surface area contributed by atoms with Gasteiger partial charge in [0.1, 0.15) is 4.87 Å². The fourth-order valence-electron chi connectivity index (χ4n) is 2.43. The lowest BCUT2D eigenvalue weighted by atomic mass is 9.95. The van der Waals surface area contributed by atoms with Crippen molar-refractivity contribution in [3.63, 3.8) is 0 Å². The maximum absolute atomic E-state index is 7.39. The molecule has 1 fully saturated rings. The van der Waals surface area contributed by atoms with Gasteiger partial charge in [-0.3, -0.25) is 4.99 Å². The van der Waals surface area contributed by atoms with Gasteiger partial charge in [0, 0.05) is 6.21 Å². The third-order valence-corrected chi connectivity index (χ3v) is 4.76. The third kappa shape index (κ3) is 1.62. The van der Waals surface area contributed by atoms with E-state index in [-0.39, 0.29) is 9.62 Å². The highest BCUT2D eigenvalue weighted by atomic mass is 32.2. The Bertz CT molecular complexity index is 275. The van der Waals surface area contributed by atoms with Gasteiger partial charge in [-0.1, -0.05) is 19.3 Å². The van der Waals surface area contributed by atoms with E-state index in [0.29, 0.717) is 0 Å². The Morgan fingerprint density at radius 3 is 2.43 bits per heavy atom. The summed E-state index contributed by atoms with van der Waals surface area (Å²) in [7, 11) is 0. The van der Waals surface area contributed by atoms with E-state index in [0.717, 1.165) is 5.71 Å². The Morgan fingerprint density at radius 1 is 1.29 bits per heavy atom. The number of hydrogen-bond acceptors (Lipinski definition) is 3. The summed E-state index contributed by atoms with van der Waals surface area (Å²) in [6.45, 7) is 4.37. The molecule has 0 unspecified atom stereocenters. The number of thioether (sulfide) groups is 1. The number of nitrogens with zero attached hydrogens (tertiary/aromatic N) is 1. The van der Waals surface area contributed by atoms with Gasteiger partial charge in [0.15, 0.2) is 0 Å². The quantitative estimate of drug-likeness (QED) is 0.662. The molecule has 1 aliphatic heterocycles. The molecule has 0 amide bonds. The molecule has 2 rings (SSSR count). The highest BCUT2D eigenvalue weighted by Crippen LogP contribution is 2.51. The van der Waals surface area contributed by atoms with E-state index in [1.807, 2.05) is 11.8 Å². The summed E-state index contributed by atoms with van der Waals surface area (Å²) in [6.07, 6.45) is 7.82. The van der Waals surface area contributed by atoms with Gasteiger partial charge in [0.05, 0.1) is 10.5 Å². The van der Waals surface area contributed by atoms with E-state index in [9.17, 15) is 0 Å². The fraction of sp³-hybridized carbons (Fsp3) is 0.818. The fourth-order valence-corrected chi connectivity index (χ4v) is 4.22. The largest absolute Gasteiger partial charge is 0.307 e. The SMILES string of the molecule is CC1(C)SC2(CCCCC2)N=C1C=N. The summed E-state index contributed by atoms with van der Waals surface area (Å²) in [6, 6.07) is 0. The van der Waals surface area contributed by atoms with E-state index in [1.54, 1.807) is 0 Å². The predicted molar refractivity (Wildman–Crippen MR) is 63.7 cm³/mol. The van der Waals surface area contributed by atoms with Crippen molar-refractivity contribution in [3.8, 4) is 0 Å². The Kier molecular flexibility index (Phi) is 2.46. The highest BCUT2D eigenvalue weighted by molar-refractivity contribution is 8.03. The van der Waals surface area contributed by atoms with Crippen LogP contribution in [0.1, 0.15) is 46.0 Å². The van der Waals surface area contributed by atoms with E-state index in [1.165, 1.54) is 38.3 Å². The third-order valence-electron chi connectivity index (χ3n) is 3.16. The summed E-state index contributed by atoms with van der Waals surface area (Å²) in [5, 5.41) is 7.39. The van der Waals surface area contributed by atoms with Crippen molar-refractivity contribution in [2.24, 2.45) is 4.99 Å². The second kappa shape index (κ2) is 3.37. The Balaban J connectivity index is 2.25. The molecule has 78 valence electrons. The smallest absolute Gasteiger partial charge is 0.107 e. The van der Waals surface area contributed by atoms with Crippen molar-refractivity contribution < 1.29 is 0 Å². The molecular weight excluding hydrogens is 192 g/mol. The van der Waals surface area contributed by atoms with Crippen molar-refractivity contribution in [1.29, 1.82) is 5.41 Å². The lowest BCUT2D eigenvalue weighted by Crippen LogP contribution is -2.27. The molecule has 0 atom stereocenters. The molecule has 2 nitrogen and oxygen atoms in total. The zero-order valence-corrected chi connectivity index (χ0v) is 9.78. The number of rotatable bonds is 1. The van der Waals surface area contributed by atoms with Gasteiger partial charge >= 0.3 is 0 Å². The van der Waals surface area contributed by atoms with Crippen molar-refractivity contribution >= 4 is 23.7 Å². The van der Waals surface area contributed by atoms with Gasteiger partial charge in [0.2, 0.25) is 0 Å². The minimum atomic E-state index is 0.0547. The lowest BCUT2D eigenvalue weighted by molar-refractivity contribution is 0.413. The minimum absolute atomic E-state index is 0.0547. The maximum Gasteiger partial charge on any atom is 0.107 e. The summed E-state index contributed by atoms with van der Waals surface area (Å²) in [5.74, 6) is 0. The molecule has 0 radical (unpaired) electrons.